The third-order valence-corrected chi connectivity index (χ3v) is 5.75. The molecule has 0 radical (unpaired) electrons. The van der Waals surface area contributed by atoms with Crippen molar-refractivity contribution in [2.24, 2.45) is 0 Å². The number of pyridine rings is 1. The summed E-state index contributed by atoms with van der Waals surface area (Å²) in [5, 5.41) is 6.17. The second-order valence-electron chi connectivity index (χ2n) is 7.53. The Bertz CT molecular complexity index is 771. The summed E-state index contributed by atoms with van der Waals surface area (Å²) < 4.78 is 0. The number of hydrogen-bond acceptors (Lipinski definition) is 3. The van der Waals surface area contributed by atoms with E-state index in [4.69, 9.17) is 0 Å². The number of hydrogen-bond donors (Lipinski definition) is 2. The Balaban J connectivity index is 1.41. The molecule has 2 aliphatic rings. The minimum Gasteiger partial charge on any atom is -0.336 e. The molecule has 1 saturated heterocycles. The van der Waals surface area contributed by atoms with Crippen molar-refractivity contribution in [2.75, 3.05) is 25.0 Å². The van der Waals surface area contributed by atoms with E-state index in [1.54, 1.807) is 6.20 Å². The average Bonchev–Trinajstić information content (AvgIpc) is 3.20. The lowest BCUT2D eigenvalue weighted by atomic mass is 10.0. The fraction of sp³-hybridized carbons (Fsp3) is 0.455. The molecular weight excluding hydrogens is 336 g/mol. The van der Waals surface area contributed by atoms with Gasteiger partial charge >= 0.3 is 6.03 Å². The number of rotatable bonds is 5. The molecule has 2 N–H and O–H groups in total. The highest BCUT2D eigenvalue weighted by molar-refractivity contribution is 5.90. The van der Waals surface area contributed by atoms with Crippen molar-refractivity contribution in [3.8, 4) is 0 Å². The first-order chi connectivity index (χ1) is 13.3. The van der Waals surface area contributed by atoms with Gasteiger partial charge in [-0.1, -0.05) is 24.6 Å². The van der Waals surface area contributed by atoms with Gasteiger partial charge in [-0.05, 0) is 74.0 Å². The number of aromatic nitrogens is 1. The summed E-state index contributed by atoms with van der Waals surface area (Å²) in [5.74, 6) is 0. The highest BCUT2D eigenvalue weighted by Gasteiger charge is 2.23. The number of nitrogens with one attached hydrogen (secondary N) is 2. The molecule has 1 aliphatic heterocycles. The Hall–Kier alpha value is -2.40. The molecule has 1 aromatic heterocycles. The molecule has 0 saturated carbocycles. The van der Waals surface area contributed by atoms with Gasteiger partial charge in [-0.25, -0.2) is 4.79 Å². The Morgan fingerprint density at radius 2 is 1.96 bits per heavy atom. The quantitative estimate of drug-likeness (QED) is 0.845. The molecule has 2 aromatic rings. The maximum absolute atomic E-state index is 12.6. The molecule has 2 amide bonds. The number of fused-ring (bicyclic) bond motifs is 1. The van der Waals surface area contributed by atoms with E-state index >= 15 is 0 Å². The lowest BCUT2D eigenvalue weighted by Crippen LogP contribution is -2.41. The number of carbonyl (C=O) groups excluding carboxylic acids is 1. The molecule has 0 spiro atoms. The Kier molecular flexibility index (Phi) is 5.68. The van der Waals surface area contributed by atoms with Crippen molar-refractivity contribution in [3.63, 3.8) is 0 Å². The van der Waals surface area contributed by atoms with Gasteiger partial charge < -0.3 is 10.6 Å². The summed E-state index contributed by atoms with van der Waals surface area (Å²) in [4.78, 5) is 19.3. The van der Waals surface area contributed by atoms with Gasteiger partial charge in [0.2, 0.25) is 0 Å². The molecule has 1 aromatic carbocycles. The molecule has 5 nitrogen and oxygen atoms in total. The van der Waals surface area contributed by atoms with E-state index < -0.39 is 0 Å². The summed E-state index contributed by atoms with van der Waals surface area (Å²) in [7, 11) is 0. The number of carbonyl (C=O) groups is 1. The lowest BCUT2D eigenvalue weighted by molar-refractivity contribution is 0.161. The predicted molar refractivity (Wildman–Crippen MR) is 108 cm³/mol. The van der Waals surface area contributed by atoms with Gasteiger partial charge in [0, 0.05) is 24.6 Å². The van der Waals surface area contributed by atoms with Gasteiger partial charge in [0.1, 0.15) is 0 Å². The van der Waals surface area contributed by atoms with Crippen LogP contribution in [0.4, 0.5) is 10.5 Å². The van der Waals surface area contributed by atoms with Crippen molar-refractivity contribution in [1.29, 1.82) is 0 Å². The number of benzene rings is 1. The average molecular weight is 364 g/mol. The standard InChI is InChI=1S/C22H28N4O/c27-22(25-20-11-5-8-17-7-4-10-19(17)20)24-16-21(18-9-6-12-23-15-18)26-13-2-1-3-14-26/h5-6,8-9,11-12,15,21H,1-4,7,10,13-14,16H2,(H2,24,25,27)/t21-/m0/s1. The number of anilines is 1. The van der Waals surface area contributed by atoms with Crippen LogP contribution in [0, 0.1) is 0 Å². The maximum Gasteiger partial charge on any atom is 0.319 e. The van der Waals surface area contributed by atoms with Gasteiger partial charge in [0.05, 0.1) is 6.04 Å². The van der Waals surface area contributed by atoms with E-state index in [-0.39, 0.29) is 12.1 Å². The van der Waals surface area contributed by atoms with Gasteiger partial charge in [0.25, 0.3) is 0 Å². The van der Waals surface area contributed by atoms with Gasteiger partial charge in [-0.3, -0.25) is 9.88 Å². The van der Waals surface area contributed by atoms with E-state index in [2.05, 4.69) is 32.7 Å². The van der Waals surface area contributed by atoms with Gasteiger partial charge in [-0.2, -0.15) is 0 Å². The zero-order chi connectivity index (χ0) is 18.5. The molecule has 0 bridgehead atoms. The molecule has 142 valence electrons. The normalized spacial score (nSPS) is 17.9. The van der Waals surface area contributed by atoms with Crippen LogP contribution in [-0.4, -0.2) is 35.5 Å². The molecule has 27 heavy (non-hydrogen) atoms. The smallest absolute Gasteiger partial charge is 0.319 e. The highest BCUT2D eigenvalue weighted by Crippen LogP contribution is 2.29. The molecule has 1 aliphatic carbocycles. The highest BCUT2D eigenvalue weighted by atomic mass is 16.2. The Labute approximate surface area is 161 Å². The van der Waals surface area contributed by atoms with Gasteiger partial charge in [0.15, 0.2) is 0 Å². The summed E-state index contributed by atoms with van der Waals surface area (Å²) >= 11 is 0. The zero-order valence-corrected chi connectivity index (χ0v) is 15.8. The Morgan fingerprint density at radius 1 is 1.07 bits per heavy atom. The van der Waals surface area contributed by atoms with Crippen LogP contribution in [0.1, 0.15) is 48.4 Å². The number of piperidine rings is 1. The zero-order valence-electron chi connectivity index (χ0n) is 15.8. The van der Waals surface area contributed by atoms with Crippen LogP contribution in [0.3, 0.4) is 0 Å². The van der Waals surface area contributed by atoms with E-state index in [1.807, 2.05) is 24.4 Å². The van der Waals surface area contributed by atoms with Crippen molar-refractivity contribution in [2.45, 2.75) is 44.6 Å². The first-order valence-electron chi connectivity index (χ1n) is 10.1. The van der Waals surface area contributed by atoms with Crippen molar-refractivity contribution >= 4 is 11.7 Å². The molecule has 4 rings (SSSR count). The Morgan fingerprint density at radius 3 is 2.78 bits per heavy atom. The number of likely N-dealkylation sites (tertiary alicyclic amines) is 1. The SMILES string of the molecule is O=C(NC[C@@H](c1cccnc1)N1CCCCC1)Nc1cccc2c1CCC2. The van der Waals surface area contributed by atoms with Crippen LogP contribution in [0.2, 0.25) is 0 Å². The van der Waals surface area contributed by atoms with Crippen LogP contribution in [-0.2, 0) is 12.8 Å². The molecule has 0 unspecified atom stereocenters. The molecule has 2 heterocycles. The fourth-order valence-electron chi connectivity index (χ4n) is 4.35. The lowest BCUT2D eigenvalue weighted by Gasteiger charge is -2.34. The van der Waals surface area contributed by atoms with Crippen LogP contribution in [0.25, 0.3) is 0 Å². The molecule has 5 heteroatoms. The van der Waals surface area contributed by atoms with E-state index in [9.17, 15) is 4.79 Å². The maximum atomic E-state index is 12.6. The van der Waals surface area contributed by atoms with Gasteiger partial charge in [-0.15, -0.1) is 0 Å². The van der Waals surface area contributed by atoms with E-state index in [0.29, 0.717) is 6.54 Å². The molecular formula is C22H28N4O. The van der Waals surface area contributed by atoms with Crippen molar-refractivity contribution in [1.82, 2.24) is 15.2 Å². The predicted octanol–water partition coefficient (Wildman–Crippen LogP) is 3.92. The third kappa shape index (κ3) is 4.30. The molecule has 1 fully saturated rings. The summed E-state index contributed by atoms with van der Waals surface area (Å²) in [6.45, 7) is 2.75. The number of aryl methyl sites for hydroxylation is 1. The molecule has 1 atom stereocenters. The minimum absolute atomic E-state index is 0.124. The first-order valence-corrected chi connectivity index (χ1v) is 10.1. The fourth-order valence-corrected chi connectivity index (χ4v) is 4.35. The van der Waals surface area contributed by atoms with E-state index in [1.165, 1.54) is 42.4 Å². The number of nitrogens with zero attached hydrogens (tertiary/aromatic N) is 2. The van der Waals surface area contributed by atoms with Crippen LogP contribution in [0.5, 0.6) is 0 Å². The first kappa shape index (κ1) is 18.0. The minimum atomic E-state index is -0.124. The second kappa shape index (κ2) is 8.53. The topological polar surface area (TPSA) is 57.3 Å². The number of amides is 2. The van der Waals surface area contributed by atoms with Crippen molar-refractivity contribution < 1.29 is 4.79 Å². The summed E-state index contributed by atoms with van der Waals surface area (Å²) in [5.41, 5.74) is 4.79. The largest absolute Gasteiger partial charge is 0.336 e. The van der Waals surface area contributed by atoms with Crippen LogP contribution in [0.15, 0.2) is 42.7 Å². The van der Waals surface area contributed by atoms with Crippen LogP contribution >= 0.6 is 0 Å². The summed E-state index contributed by atoms with van der Waals surface area (Å²) in [6.07, 6.45) is 10.8. The number of urea groups is 1. The summed E-state index contributed by atoms with van der Waals surface area (Å²) in [6, 6.07) is 10.3. The second-order valence-corrected chi connectivity index (χ2v) is 7.53. The monoisotopic (exact) mass is 364 g/mol. The van der Waals surface area contributed by atoms with E-state index in [0.717, 1.165) is 31.6 Å². The van der Waals surface area contributed by atoms with Crippen LogP contribution < -0.4 is 10.6 Å². The van der Waals surface area contributed by atoms with Crippen molar-refractivity contribution in [3.05, 3.63) is 59.4 Å². The third-order valence-electron chi connectivity index (χ3n) is 5.75.